The van der Waals surface area contributed by atoms with E-state index in [0.29, 0.717) is 6.04 Å². The van der Waals surface area contributed by atoms with Crippen LogP contribution in [-0.4, -0.2) is 16.3 Å². The minimum atomic E-state index is 0.398. The number of rotatable bonds is 10. The molecule has 0 fully saturated rings. The first-order valence-electron chi connectivity index (χ1n) is 8.82. The Bertz CT molecular complexity index is 409. The summed E-state index contributed by atoms with van der Waals surface area (Å²) in [4.78, 5) is 0. The van der Waals surface area contributed by atoms with Crippen molar-refractivity contribution in [1.29, 1.82) is 0 Å². The molecule has 1 heterocycles. The molecular weight excluding hydrogens is 258 g/mol. The van der Waals surface area contributed by atoms with Crippen molar-refractivity contribution in [3.8, 4) is 0 Å². The molecule has 0 radical (unpaired) electrons. The summed E-state index contributed by atoms with van der Waals surface area (Å²) in [6, 6.07) is 0.398. The zero-order chi connectivity index (χ0) is 15.8. The molecule has 1 rings (SSSR count). The van der Waals surface area contributed by atoms with Gasteiger partial charge >= 0.3 is 0 Å². The second kappa shape index (κ2) is 9.24. The number of hydrogen-bond donors (Lipinski definition) is 1. The molecule has 1 aromatic rings. The highest BCUT2D eigenvalue weighted by molar-refractivity contribution is 5.27. The van der Waals surface area contributed by atoms with Gasteiger partial charge in [0.1, 0.15) is 0 Å². The van der Waals surface area contributed by atoms with Gasteiger partial charge in [0, 0.05) is 23.8 Å². The number of nitrogens with one attached hydrogen (secondary N) is 1. The lowest BCUT2D eigenvalue weighted by atomic mass is 9.99. The summed E-state index contributed by atoms with van der Waals surface area (Å²) < 4.78 is 2.25. The van der Waals surface area contributed by atoms with Crippen LogP contribution in [0.15, 0.2) is 0 Å². The Kier molecular flexibility index (Phi) is 8.02. The van der Waals surface area contributed by atoms with Crippen LogP contribution in [0.4, 0.5) is 0 Å². The van der Waals surface area contributed by atoms with Crippen LogP contribution in [0, 0.1) is 19.8 Å². The second-order valence-electron chi connectivity index (χ2n) is 6.36. The van der Waals surface area contributed by atoms with Gasteiger partial charge in [0.2, 0.25) is 0 Å². The molecule has 0 saturated carbocycles. The summed E-state index contributed by atoms with van der Waals surface area (Å²) >= 11 is 0. The van der Waals surface area contributed by atoms with E-state index < -0.39 is 0 Å². The Balaban J connectivity index is 2.80. The molecule has 3 heteroatoms. The van der Waals surface area contributed by atoms with Crippen LogP contribution in [0.5, 0.6) is 0 Å². The largest absolute Gasteiger partial charge is 0.310 e. The topological polar surface area (TPSA) is 29.9 Å². The van der Waals surface area contributed by atoms with Crippen LogP contribution >= 0.6 is 0 Å². The van der Waals surface area contributed by atoms with Gasteiger partial charge in [0.25, 0.3) is 0 Å². The van der Waals surface area contributed by atoms with E-state index in [0.717, 1.165) is 19.0 Å². The first kappa shape index (κ1) is 18.2. The standard InChI is InChI=1S/C18H35N3/c1-7-10-11-17(9-3)13-21-16(6)18(15(5)20-21)14(4)19-12-8-2/h14,17,19H,7-13H2,1-6H3. The molecule has 1 aromatic heterocycles. The number of aryl methyl sites for hydroxylation is 1. The molecule has 0 amide bonds. The normalized spacial score (nSPS) is 14.4. The lowest BCUT2D eigenvalue weighted by molar-refractivity contribution is 0.367. The van der Waals surface area contributed by atoms with Crippen LogP contribution in [0.2, 0.25) is 0 Å². The first-order chi connectivity index (χ1) is 10.0. The van der Waals surface area contributed by atoms with Gasteiger partial charge in [-0.25, -0.2) is 0 Å². The first-order valence-corrected chi connectivity index (χ1v) is 8.82. The van der Waals surface area contributed by atoms with E-state index >= 15 is 0 Å². The highest BCUT2D eigenvalue weighted by atomic mass is 15.3. The maximum atomic E-state index is 4.81. The monoisotopic (exact) mass is 293 g/mol. The third-order valence-electron chi connectivity index (χ3n) is 4.55. The highest BCUT2D eigenvalue weighted by Crippen LogP contribution is 2.23. The minimum Gasteiger partial charge on any atom is -0.310 e. The summed E-state index contributed by atoms with van der Waals surface area (Å²) in [5, 5.41) is 8.40. The molecule has 0 aromatic carbocycles. The lowest BCUT2D eigenvalue weighted by Gasteiger charge is -2.17. The Morgan fingerprint density at radius 3 is 2.43 bits per heavy atom. The van der Waals surface area contributed by atoms with E-state index in [2.05, 4.69) is 51.5 Å². The minimum absolute atomic E-state index is 0.398. The van der Waals surface area contributed by atoms with Crippen LogP contribution in [0.1, 0.15) is 82.8 Å². The third kappa shape index (κ3) is 5.14. The van der Waals surface area contributed by atoms with Gasteiger partial charge in [0.15, 0.2) is 0 Å². The van der Waals surface area contributed by atoms with E-state index in [4.69, 9.17) is 5.10 Å². The molecule has 2 unspecified atom stereocenters. The van der Waals surface area contributed by atoms with Crippen LogP contribution < -0.4 is 5.32 Å². The summed E-state index contributed by atoms with van der Waals surface area (Å²) in [7, 11) is 0. The average molecular weight is 293 g/mol. The van der Waals surface area contributed by atoms with Gasteiger partial charge in [-0.3, -0.25) is 4.68 Å². The van der Waals surface area contributed by atoms with E-state index in [9.17, 15) is 0 Å². The number of unbranched alkanes of at least 4 members (excludes halogenated alkanes) is 1. The van der Waals surface area contributed by atoms with Crippen molar-refractivity contribution in [3.63, 3.8) is 0 Å². The third-order valence-corrected chi connectivity index (χ3v) is 4.55. The lowest BCUT2D eigenvalue weighted by Crippen LogP contribution is -2.20. The van der Waals surface area contributed by atoms with Crippen molar-refractivity contribution in [3.05, 3.63) is 17.0 Å². The quantitative estimate of drug-likeness (QED) is 0.673. The Morgan fingerprint density at radius 2 is 1.86 bits per heavy atom. The summed E-state index contributed by atoms with van der Waals surface area (Å²) in [6.45, 7) is 15.6. The molecule has 0 aliphatic heterocycles. The van der Waals surface area contributed by atoms with Gasteiger partial charge in [-0.2, -0.15) is 5.10 Å². The van der Waals surface area contributed by atoms with Crippen molar-refractivity contribution in [2.75, 3.05) is 6.54 Å². The summed E-state index contributed by atoms with van der Waals surface area (Å²) in [5.41, 5.74) is 3.93. The SMILES string of the molecule is CCCCC(CC)Cn1nc(C)c(C(C)NCCC)c1C. The maximum Gasteiger partial charge on any atom is 0.0644 e. The fraction of sp³-hybridized carbons (Fsp3) is 0.833. The van der Waals surface area contributed by atoms with Gasteiger partial charge in [-0.05, 0) is 46.1 Å². The smallest absolute Gasteiger partial charge is 0.0644 e. The van der Waals surface area contributed by atoms with Crippen LogP contribution in [0.25, 0.3) is 0 Å². The number of aromatic nitrogens is 2. The molecule has 3 nitrogen and oxygen atoms in total. The fourth-order valence-corrected chi connectivity index (χ4v) is 3.14. The average Bonchev–Trinajstić information content (AvgIpc) is 2.75. The molecule has 0 spiro atoms. The van der Waals surface area contributed by atoms with E-state index in [-0.39, 0.29) is 0 Å². The zero-order valence-electron chi connectivity index (χ0n) is 15.0. The predicted octanol–water partition coefficient (Wildman–Crippen LogP) is 4.78. The number of hydrogen-bond acceptors (Lipinski definition) is 2. The molecule has 2 atom stereocenters. The maximum absolute atomic E-state index is 4.81. The van der Waals surface area contributed by atoms with Crippen LogP contribution in [-0.2, 0) is 6.54 Å². The zero-order valence-corrected chi connectivity index (χ0v) is 15.0. The molecule has 0 aliphatic carbocycles. The van der Waals surface area contributed by atoms with Gasteiger partial charge in [0.05, 0.1) is 5.69 Å². The molecule has 0 bridgehead atoms. The van der Waals surface area contributed by atoms with Crippen molar-refractivity contribution in [1.82, 2.24) is 15.1 Å². The van der Waals surface area contributed by atoms with E-state index in [1.807, 2.05) is 0 Å². The van der Waals surface area contributed by atoms with Gasteiger partial charge < -0.3 is 5.32 Å². The van der Waals surface area contributed by atoms with Crippen molar-refractivity contribution in [2.24, 2.45) is 5.92 Å². The second-order valence-corrected chi connectivity index (χ2v) is 6.36. The Morgan fingerprint density at radius 1 is 1.14 bits per heavy atom. The van der Waals surface area contributed by atoms with E-state index in [1.54, 1.807) is 0 Å². The van der Waals surface area contributed by atoms with Crippen LogP contribution in [0.3, 0.4) is 0 Å². The Hall–Kier alpha value is -0.830. The van der Waals surface area contributed by atoms with Crippen molar-refractivity contribution in [2.45, 2.75) is 86.2 Å². The molecule has 0 aliphatic rings. The molecule has 1 N–H and O–H groups in total. The Labute approximate surface area is 131 Å². The predicted molar refractivity (Wildman–Crippen MR) is 91.7 cm³/mol. The van der Waals surface area contributed by atoms with Crippen molar-refractivity contribution < 1.29 is 0 Å². The molecule has 21 heavy (non-hydrogen) atoms. The molecule has 122 valence electrons. The fourth-order valence-electron chi connectivity index (χ4n) is 3.14. The summed E-state index contributed by atoms with van der Waals surface area (Å²) in [6.07, 6.45) is 6.36. The van der Waals surface area contributed by atoms with Gasteiger partial charge in [-0.1, -0.05) is 40.0 Å². The molecular formula is C18H35N3. The van der Waals surface area contributed by atoms with Crippen molar-refractivity contribution >= 4 is 0 Å². The summed E-state index contributed by atoms with van der Waals surface area (Å²) in [5.74, 6) is 0.759. The van der Waals surface area contributed by atoms with E-state index in [1.165, 1.54) is 49.1 Å². The molecule has 0 saturated heterocycles. The highest BCUT2D eigenvalue weighted by Gasteiger charge is 2.18. The number of nitrogens with zero attached hydrogens (tertiary/aromatic N) is 2. The van der Waals surface area contributed by atoms with Gasteiger partial charge in [-0.15, -0.1) is 0 Å².